The minimum atomic E-state index is -0.534. The second-order valence-electron chi connectivity index (χ2n) is 4.46. The number of halogens is 2. The molecule has 4 nitrogen and oxygen atoms in total. The van der Waals surface area contributed by atoms with E-state index in [9.17, 15) is 14.0 Å². The van der Waals surface area contributed by atoms with E-state index >= 15 is 0 Å². The lowest BCUT2D eigenvalue weighted by Crippen LogP contribution is -2.30. The molecule has 22 heavy (non-hydrogen) atoms. The molecule has 2 aromatic rings. The van der Waals surface area contributed by atoms with Crippen LogP contribution in [-0.4, -0.2) is 25.5 Å². The van der Waals surface area contributed by atoms with Crippen molar-refractivity contribution in [1.82, 2.24) is 5.32 Å². The fourth-order valence-electron chi connectivity index (χ4n) is 1.85. The molecule has 1 amide bonds. The molecular formula is C16H13ClFNO3. The number of benzene rings is 2. The van der Waals surface area contributed by atoms with Crippen LogP contribution in [0.15, 0.2) is 42.5 Å². The van der Waals surface area contributed by atoms with Crippen LogP contribution in [0, 0.1) is 5.82 Å². The fraction of sp³-hybridized carbons (Fsp3) is 0.125. The number of hydrogen-bond donors (Lipinski definition) is 1. The Kier molecular flexibility index (Phi) is 5.12. The van der Waals surface area contributed by atoms with Crippen LogP contribution in [0.2, 0.25) is 5.02 Å². The van der Waals surface area contributed by atoms with Crippen molar-refractivity contribution in [3.8, 4) is 11.1 Å². The highest BCUT2D eigenvalue weighted by molar-refractivity contribution is 6.30. The number of nitrogens with one attached hydrogen (secondary N) is 1. The second-order valence-corrected chi connectivity index (χ2v) is 4.90. The monoisotopic (exact) mass is 321 g/mol. The topological polar surface area (TPSA) is 55.4 Å². The molecule has 0 fully saturated rings. The molecule has 0 radical (unpaired) electrons. The number of ether oxygens (including phenoxy) is 1. The molecule has 0 aromatic heterocycles. The van der Waals surface area contributed by atoms with Crippen molar-refractivity contribution in [3.05, 3.63) is 58.9 Å². The summed E-state index contributed by atoms with van der Waals surface area (Å²) in [5, 5.41) is 2.74. The standard InChI is InChI=1S/C16H13ClFNO3/c1-22-15(20)9-19-16(21)11-4-2-10(3-5-11)13-7-6-12(17)8-14(13)18/h2-8H,9H2,1H3,(H,19,21). The Morgan fingerprint density at radius 1 is 1.18 bits per heavy atom. The minimum Gasteiger partial charge on any atom is -0.468 e. The van der Waals surface area contributed by atoms with E-state index in [1.807, 2.05) is 0 Å². The highest BCUT2D eigenvalue weighted by Gasteiger charge is 2.10. The Morgan fingerprint density at radius 2 is 1.86 bits per heavy atom. The van der Waals surface area contributed by atoms with Gasteiger partial charge in [0, 0.05) is 16.1 Å². The van der Waals surface area contributed by atoms with E-state index in [4.69, 9.17) is 11.6 Å². The van der Waals surface area contributed by atoms with Gasteiger partial charge in [-0.25, -0.2) is 4.39 Å². The molecular weight excluding hydrogens is 309 g/mol. The maximum atomic E-state index is 13.8. The average molecular weight is 322 g/mol. The molecule has 2 rings (SSSR count). The average Bonchev–Trinajstić information content (AvgIpc) is 2.52. The van der Waals surface area contributed by atoms with Gasteiger partial charge in [0.25, 0.3) is 5.91 Å². The quantitative estimate of drug-likeness (QED) is 0.881. The maximum absolute atomic E-state index is 13.8. The van der Waals surface area contributed by atoms with Gasteiger partial charge in [-0.3, -0.25) is 9.59 Å². The molecule has 114 valence electrons. The predicted octanol–water partition coefficient (Wildman–Crippen LogP) is 3.05. The number of methoxy groups -OCH3 is 1. The zero-order valence-corrected chi connectivity index (χ0v) is 12.5. The van der Waals surface area contributed by atoms with E-state index in [0.29, 0.717) is 21.7 Å². The highest BCUT2D eigenvalue weighted by atomic mass is 35.5. The third kappa shape index (κ3) is 3.83. The largest absolute Gasteiger partial charge is 0.468 e. The van der Waals surface area contributed by atoms with Crippen molar-refractivity contribution in [3.63, 3.8) is 0 Å². The number of esters is 1. The lowest BCUT2D eigenvalue weighted by Gasteiger charge is -2.07. The Balaban J connectivity index is 2.13. The molecule has 1 N–H and O–H groups in total. The van der Waals surface area contributed by atoms with Crippen LogP contribution in [0.1, 0.15) is 10.4 Å². The summed E-state index contributed by atoms with van der Waals surface area (Å²) in [6, 6.07) is 10.7. The number of hydrogen-bond acceptors (Lipinski definition) is 3. The summed E-state index contributed by atoms with van der Waals surface area (Å²) in [6.45, 7) is -0.205. The zero-order valence-electron chi connectivity index (χ0n) is 11.7. The molecule has 0 bridgehead atoms. The van der Waals surface area contributed by atoms with Gasteiger partial charge in [-0.15, -0.1) is 0 Å². The van der Waals surface area contributed by atoms with Crippen LogP contribution in [0.4, 0.5) is 4.39 Å². The molecule has 6 heteroatoms. The van der Waals surface area contributed by atoms with Gasteiger partial charge < -0.3 is 10.1 Å². The number of amides is 1. The van der Waals surface area contributed by atoms with Crippen LogP contribution in [0.25, 0.3) is 11.1 Å². The Hall–Kier alpha value is -2.40. The van der Waals surface area contributed by atoms with Crippen LogP contribution < -0.4 is 5.32 Å². The van der Waals surface area contributed by atoms with Gasteiger partial charge >= 0.3 is 5.97 Å². The Labute approximate surface area is 131 Å². The summed E-state index contributed by atoms with van der Waals surface area (Å²) >= 11 is 5.71. The highest BCUT2D eigenvalue weighted by Crippen LogP contribution is 2.25. The van der Waals surface area contributed by atoms with Crippen molar-refractivity contribution in [2.75, 3.05) is 13.7 Å². The lowest BCUT2D eigenvalue weighted by atomic mass is 10.0. The van der Waals surface area contributed by atoms with E-state index in [1.165, 1.54) is 13.2 Å². The normalized spacial score (nSPS) is 10.1. The number of rotatable bonds is 4. The molecule has 2 aromatic carbocycles. The summed E-state index contributed by atoms with van der Waals surface area (Å²) in [7, 11) is 1.24. The first-order valence-electron chi connectivity index (χ1n) is 6.42. The molecule has 0 aliphatic carbocycles. The van der Waals surface area contributed by atoms with E-state index in [-0.39, 0.29) is 6.54 Å². The molecule has 0 atom stereocenters. The van der Waals surface area contributed by atoms with Gasteiger partial charge in [0.1, 0.15) is 12.4 Å². The first-order valence-corrected chi connectivity index (χ1v) is 6.79. The summed E-state index contributed by atoms with van der Waals surface area (Å²) in [5.74, 6) is -1.38. The van der Waals surface area contributed by atoms with Crippen molar-refractivity contribution in [2.45, 2.75) is 0 Å². The molecule has 0 spiro atoms. The first kappa shape index (κ1) is 16.0. The van der Waals surface area contributed by atoms with Crippen molar-refractivity contribution in [1.29, 1.82) is 0 Å². The summed E-state index contributed by atoms with van der Waals surface area (Å²) in [4.78, 5) is 22.8. The van der Waals surface area contributed by atoms with Gasteiger partial charge in [-0.05, 0) is 35.9 Å². The third-order valence-electron chi connectivity index (χ3n) is 3.01. The van der Waals surface area contributed by atoms with Crippen LogP contribution >= 0.6 is 11.6 Å². The molecule has 0 unspecified atom stereocenters. The SMILES string of the molecule is COC(=O)CNC(=O)c1ccc(-c2ccc(Cl)cc2F)cc1. The van der Waals surface area contributed by atoms with Crippen LogP contribution in [0.5, 0.6) is 0 Å². The summed E-state index contributed by atoms with van der Waals surface area (Å²) < 4.78 is 18.3. The second kappa shape index (κ2) is 7.04. The van der Waals surface area contributed by atoms with Gasteiger partial charge in [-0.1, -0.05) is 23.7 Å². The summed E-state index contributed by atoms with van der Waals surface area (Å²) in [5.41, 5.74) is 1.38. The van der Waals surface area contributed by atoms with E-state index in [2.05, 4.69) is 10.1 Å². The fourth-order valence-corrected chi connectivity index (χ4v) is 2.01. The lowest BCUT2D eigenvalue weighted by molar-refractivity contribution is -0.139. The predicted molar refractivity (Wildman–Crippen MR) is 81.2 cm³/mol. The van der Waals surface area contributed by atoms with Crippen molar-refractivity contribution < 1.29 is 18.7 Å². The van der Waals surface area contributed by atoms with Crippen molar-refractivity contribution >= 4 is 23.5 Å². The Morgan fingerprint density at radius 3 is 2.45 bits per heavy atom. The van der Waals surface area contributed by atoms with Crippen molar-refractivity contribution in [2.24, 2.45) is 0 Å². The molecule has 0 heterocycles. The van der Waals surface area contributed by atoms with Crippen LogP contribution in [0.3, 0.4) is 0 Å². The van der Waals surface area contributed by atoms with E-state index in [1.54, 1.807) is 36.4 Å². The summed E-state index contributed by atoms with van der Waals surface area (Å²) in [6.07, 6.45) is 0. The van der Waals surface area contributed by atoms with Gasteiger partial charge in [-0.2, -0.15) is 0 Å². The third-order valence-corrected chi connectivity index (χ3v) is 3.25. The molecule has 0 saturated carbocycles. The van der Waals surface area contributed by atoms with E-state index < -0.39 is 17.7 Å². The number of carbonyl (C=O) groups is 2. The maximum Gasteiger partial charge on any atom is 0.325 e. The molecule has 0 aliphatic heterocycles. The van der Waals surface area contributed by atoms with Gasteiger partial charge in [0.15, 0.2) is 0 Å². The van der Waals surface area contributed by atoms with Gasteiger partial charge in [0.05, 0.1) is 7.11 Å². The molecule has 0 aliphatic rings. The van der Waals surface area contributed by atoms with E-state index in [0.717, 1.165) is 0 Å². The van der Waals surface area contributed by atoms with Gasteiger partial charge in [0.2, 0.25) is 0 Å². The Bertz CT molecular complexity index is 701. The molecule has 0 saturated heterocycles. The zero-order chi connectivity index (χ0) is 16.1. The first-order chi connectivity index (χ1) is 10.5. The minimum absolute atomic E-state index is 0.205. The smallest absolute Gasteiger partial charge is 0.325 e. The number of carbonyl (C=O) groups excluding carboxylic acids is 2. The van der Waals surface area contributed by atoms with Crippen LogP contribution in [-0.2, 0) is 9.53 Å².